The van der Waals surface area contributed by atoms with Gasteiger partial charge in [0.15, 0.2) is 5.69 Å². The first-order chi connectivity index (χ1) is 6.74. The van der Waals surface area contributed by atoms with Crippen LogP contribution in [0, 0.1) is 0 Å². The SMILES string of the molecule is CCOCC(C)NC(=O)c1cn[nH]n1. The molecule has 0 bridgehead atoms. The minimum absolute atomic E-state index is 0.0286. The molecule has 1 heterocycles. The Hall–Kier alpha value is -1.43. The number of aromatic amines is 1. The third kappa shape index (κ3) is 3.14. The first-order valence-electron chi connectivity index (χ1n) is 4.48. The molecule has 1 amide bonds. The number of carbonyl (C=O) groups excluding carboxylic acids is 1. The monoisotopic (exact) mass is 198 g/mol. The summed E-state index contributed by atoms with van der Waals surface area (Å²) >= 11 is 0. The number of rotatable bonds is 5. The van der Waals surface area contributed by atoms with E-state index in [0.29, 0.717) is 13.2 Å². The van der Waals surface area contributed by atoms with Crippen LogP contribution in [0.4, 0.5) is 0 Å². The Kier molecular flexibility index (Phi) is 4.06. The quantitative estimate of drug-likeness (QED) is 0.695. The van der Waals surface area contributed by atoms with E-state index in [0.717, 1.165) is 0 Å². The van der Waals surface area contributed by atoms with Crippen molar-refractivity contribution in [2.45, 2.75) is 19.9 Å². The Balaban J connectivity index is 2.34. The van der Waals surface area contributed by atoms with Gasteiger partial charge in [0.2, 0.25) is 0 Å². The van der Waals surface area contributed by atoms with Crippen LogP contribution in [-0.2, 0) is 4.74 Å². The van der Waals surface area contributed by atoms with Gasteiger partial charge in [-0.2, -0.15) is 15.4 Å². The molecule has 78 valence electrons. The van der Waals surface area contributed by atoms with Crippen molar-refractivity contribution in [1.82, 2.24) is 20.7 Å². The van der Waals surface area contributed by atoms with Crippen molar-refractivity contribution in [2.24, 2.45) is 0 Å². The zero-order valence-electron chi connectivity index (χ0n) is 8.28. The minimum atomic E-state index is -0.244. The van der Waals surface area contributed by atoms with Gasteiger partial charge in [0.05, 0.1) is 12.8 Å². The Morgan fingerprint density at radius 3 is 3.14 bits per heavy atom. The molecular weight excluding hydrogens is 184 g/mol. The van der Waals surface area contributed by atoms with Gasteiger partial charge in [-0.1, -0.05) is 0 Å². The molecule has 0 saturated carbocycles. The summed E-state index contributed by atoms with van der Waals surface area (Å²) < 4.78 is 5.15. The van der Waals surface area contributed by atoms with E-state index < -0.39 is 0 Å². The maximum Gasteiger partial charge on any atom is 0.273 e. The third-order valence-corrected chi connectivity index (χ3v) is 1.60. The van der Waals surface area contributed by atoms with E-state index in [1.165, 1.54) is 6.20 Å². The van der Waals surface area contributed by atoms with E-state index >= 15 is 0 Å². The van der Waals surface area contributed by atoms with Gasteiger partial charge >= 0.3 is 0 Å². The maximum absolute atomic E-state index is 11.4. The van der Waals surface area contributed by atoms with Gasteiger partial charge in [-0.05, 0) is 13.8 Å². The molecule has 1 aromatic heterocycles. The molecule has 1 unspecified atom stereocenters. The van der Waals surface area contributed by atoms with Gasteiger partial charge in [0.25, 0.3) is 5.91 Å². The summed E-state index contributed by atoms with van der Waals surface area (Å²) in [5.41, 5.74) is 0.286. The number of nitrogens with zero attached hydrogens (tertiary/aromatic N) is 2. The molecule has 0 fully saturated rings. The van der Waals surface area contributed by atoms with Crippen LogP contribution in [-0.4, -0.2) is 40.6 Å². The van der Waals surface area contributed by atoms with Crippen LogP contribution < -0.4 is 5.32 Å². The van der Waals surface area contributed by atoms with Crippen molar-refractivity contribution < 1.29 is 9.53 Å². The first kappa shape index (κ1) is 10.6. The highest BCUT2D eigenvalue weighted by Crippen LogP contribution is 1.91. The van der Waals surface area contributed by atoms with E-state index in [4.69, 9.17) is 4.74 Å². The molecule has 0 spiro atoms. The second-order valence-corrected chi connectivity index (χ2v) is 2.89. The number of hydrogen-bond donors (Lipinski definition) is 2. The van der Waals surface area contributed by atoms with Crippen molar-refractivity contribution in [3.8, 4) is 0 Å². The molecule has 0 saturated heterocycles. The molecule has 1 aromatic rings. The Morgan fingerprint density at radius 1 is 1.79 bits per heavy atom. The summed E-state index contributed by atoms with van der Waals surface area (Å²) in [4.78, 5) is 11.4. The molecule has 14 heavy (non-hydrogen) atoms. The lowest BCUT2D eigenvalue weighted by Gasteiger charge is -2.11. The van der Waals surface area contributed by atoms with Crippen molar-refractivity contribution in [3.05, 3.63) is 11.9 Å². The summed E-state index contributed by atoms with van der Waals surface area (Å²) in [7, 11) is 0. The van der Waals surface area contributed by atoms with E-state index in [1.807, 2.05) is 13.8 Å². The number of H-pyrrole nitrogens is 1. The molecule has 6 heteroatoms. The summed E-state index contributed by atoms with van der Waals surface area (Å²) in [6, 6.07) is -0.0286. The lowest BCUT2D eigenvalue weighted by atomic mass is 10.3. The predicted octanol–water partition coefficient (Wildman–Crippen LogP) is -0.0405. The van der Waals surface area contributed by atoms with E-state index in [-0.39, 0.29) is 17.6 Å². The molecule has 0 aromatic carbocycles. The standard InChI is InChI=1S/C8H14N4O2/c1-3-14-5-6(2)10-8(13)7-4-9-12-11-7/h4,6H,3,5H2,1-2H3,(H,10,13)(H,9,11,12). The second-order valence-electron chi connectivity index (χ2n) is 2.89. The van der Waals surface area contributed by atoms with Crippen LogP contribution in [0.1, 0.15) is 24.3 Å². The number of carbonyl (C=O) groups is 1. The lowest BCUT2D eigenvalue weighted by Crippen LogP contribution is -2.36. The summed E-state index contributed by atoms with van der Waals surface area (Å²) in [6.45, 7) is 4.92. The number of aromatic nitrogens is 3. The molecule has 0 aliphatic rings. The third-order valence-electron chi connectivity index (χ3n) is 1.60. The summed E-state index contributed by atoms with van der Waals surface area (Å²) in [6.07, 6.45) is 1.38. The molecule has 0 aliphatic heterocycles. The van der Waals surface area contributed by atoms with E-state index in [2.05, 4.69) is 20.7 Å². The molecular formula is C8H14N4O2. The number of amides is 1. The van der Waals surface area contributed by atoms with Crippen LogP contribution in [0.2, 0.25) is 0 Å². The van der Waals surface area contributed by atoms with Crippen molar-refractivity contribution in [1.29, 1.82) is 0 Å². The van der Waals surface area contributed by atoms with Crippen molar-refractivity contribution in [3.63, 3.8) is 0 Å². The van der Waals surface area contributed by atoms with Crippen LogP contribution in [0.5, 0.6) is 0 Å². The average molecular weight is 198 g/mol. The Morgan fingerprint density at radius 2 is 2.57 bits per heavy atom. The van der Waals surface area contributed by atoms with E-state index in [9.17, 15) is 4.79 Å². The number of nitrogens with one attached hydrogen (secondary N) is 2. The second kappa shape index (κ2) is 5.33. The zero-order chi connectivity index (χ0) is 10.4. The Bertz CT molecular complexity index is 273. The first-order valence-corrected chi connectivity index (χ1v) is 4.48. The van der Waals surface area contributed by atoms with Crippen LogP contribution in [0.25, 0.3) is 0 Å². The van der Waals surface area contributed by atoms with Gasteiger partial charge < -0.3 is 10.1 Å². The molecule has 1 rings (SSSR count). The molecule has 0 radical (unpaired) electrons. The van der Waals surface area contributed by atoms with Crippen LogP contribution in [0.15, 0.2) is 6.20 Å². The Labute approximate surface area is 82.0 Å². The number of hydrogen-bond acceptors (Lipinski definition) is 4. The summed E-state index contributed by atoms with van der Waals surface area (Å²) in [5, 5.41) is 12.3. The van der Waals surface area contributed by atoms with Gasteiger partial charge in [-0.15, -0.1) is 0 Å². The van der Waals surface area contributed by atoms with Gasteiger partial charge in [0, 0.05) is 12.6 Å². The fourth-order valence-electron chi connectivity index (χ4n) is 0.945. The fourth-order valence-corrected chi connectivity index (χ4v) is 0.945. The van der Waals surface area contributed by atoms with Crippen LogP contribution >= 0.6 is 0 Å². The molecule has 1 atom stereocenters. The van der Waals surface area contributed by atoms with Crippen molar-refractivity contribution >= 4 is 5.91 Å². The van der Waals surface area contributed by atoms with Crippen LogP contribution in [0.3, 0.4) is 0 Å². The van der Waals surface area contributed by atoms with Gasteiger partial charge in [-0.3, -0.25) is 4.79 Å². The largest absolute Gasteiger partial charge is 0.380 e. The molecule has 0 aliphatic carbocycles. The number of ether oxygens (including phenoxy) is 1. The highest BCUT2D eigenvalue weighted by Gasteiger charge is 2.11. The molecule has 6 nitrogen and oxygen atoms in total. The average Bonchev–Trinajstić information content (AvgIpc) is 2.67. The van der Waals surface area contributed by atoms with Crippen molar-refractivity contribution in [2.75, 3.05) is 13.2 Å². The zero-order valence-corrected chi connectivity index (χ0v) is 8.28. The lowest BCUT2D eigenvalue weighted by molar-refractivity contribution is 0.0867. The normalized spacial score (nSPS) is 12.4. The molecule has 2 N–H and O–H groups in total. The minimum Gasteiger partial charge on any atom is -0.380 e. The highest BCUT2D eigenvalue weighted by atomic mass is 16.5. The fraction of sp³-hybridized carbons (Fsp3) is 0.625. The predicted molar refractivity (Wildman–Crippen MR) is 49.8 cm³/mol. The van der Waals surface area contributed by atoms with Gasteiger partial charge in [-0.25, -0.2) is 0 Å². The highest BCUT2D eigenvalue weighted by molar-refractivity contribution is 5.91. The summed E-state index contributed by atoms with van der Waals surface area (Å²) in [5.74, 6) is -0.244. The topological polar surface area (TPSA) is 79.9 Å². The van der Waals surface area contributed by atoms with E-state index in [1.54, 1.807) is 0 Å². The smallest absolute Gasteiger partial charge is 0.273 e. The van der Waals surface area contributed by atoms with Gasteiger partial charge in [0.1, 0.15) is 0 Å². The maximum atomic E-state index is 11.4.